The minimum Gasteiger partial charge on any atom is -0.285 e. The molecule has 3 rings (SSSR count). The van der Waals surface area contributed by atoms with E-state index < -0.39 is 33.7 Å². The number of nitro groups is 1. The van der Waals surface area contributed by atoms with Gasteiger partial charge in [0.2, 0.25) is 0 Å². The van der Waals surface area contributed by atoms with Crippen molar-refractivity contribution >= 4 is 34.5 Å². The van der Waals surface area contributed by atoms with E-state index in [1.165, 1.54) is 16.8 Å². The van der Waals surface area contributed by atoms with Gasteiger partial charge in [-0.2, -0.15) is 5.10 Å². The summed E-state index contributed by atoms with van der Waals surface area (Å²) >= 11 is 6.12. The minimum absolute atomic E-state index is 0.0645. The van der Waals surface area contributed by atoms with Gasteiger partial charge in [0, 0.05) is 19.2 Å². The Balaban J connectivity index is 2.39. The highest BCUT2D eigenvalue weighted by Gasteiger charge is 2.30. The highest BCUT2D eigenvalue weighted by atomic mass is 35.5. The topological polar surface area (TPSA) is 64.2 Å². The molecule has 140 valence electrons. The number of halogens is 4. The van der Waals surface area contributed by atoms with Gasteiger partial charge in [0.25, 0.3) is 5.69 Å². The molecule has 1 aromatic heterocycles. The van der Waals surface area contributed by atoms with Crippen molar-refractivity contribution in [3.05, 3.63) is 74.7 Å². The quantitative estimate of drug-likeness (QED) is 0.450. The van der Waals surface area contributed by atoms with Crippen LogP contribution in [0.15, 0.2) is 36.4 Å². The van der Waals surface area contributed by atoms with E-state index in [4.69, 9.17) is 11.6 Å². The minimum atomic E-state index is -1.18. The second-order valence-electron chi connectivity index (χ2n) is 5.71. The molecule has 0 aliphatic rings. The number of nitrogens with zero attached hydrogens (tertiary/aromatic N) is 4. The first kappa shape index (κ1) is 18.7. The predicted octanol–water partition coefficient (Wildman–Crippen LogP) is 5.18. The summed E-state index contributed by atoms with van der Waals surface area (Å²) in [6, 6.07) is 5.96. The van der Waals surface area contributed by atoms with Gasteiger partial charge in [0.1, 0.15) is 17.5 Å². The fraction of sp³-hybridized carbons (Fsp3) is 0.118. The summed E-state index contributed by atoms with van der Waals surface area (Å²) in [5, 5.41) is 15.5. The van der Waals surface area contributed by atoms with E-state index in [9.17, 15) is 23.3 Å². The molecule has 0 unspecified atom stereocenters. The molecule has 0 spiro atoms. The van der Waals surface area contributed by atoms with Gasteiger partial charge < -0.3 is 0 Å². The Morgan fingerprint density at radius 3 is 2.41 bits per heavy atom. The first-order chi connectivity index (χ1) is 12.7. The molecular formula is C17H12ClF3N4O2. The number of hydrogen-bond acceptors (Lipinski definition) is 4. The van der Waals surface area contributed by atoms with Gasteiger partial charge >= 0.3 is 0 Å². The molecule has 2 aromatic carbocycles. The first-order valence-electron chi connectivity index (χ1n) is 7.58. The number of benzene rings is 2. The average Bonchev–Trinajstić information content (AvgIpc) is 2.89. The van der Waals surface area contributed by atoms with E-state index in [2.05, 4.69) is 5.10 Å². The van der Waals surface area contributed by atoms with Gasteiger partial charge in [-0.25, -0.2) is 13.2 Å². The summed E-state index contributed by atoms with van der Waals surface area (Å²) in [5.74, 6) is -2.70. The van der Waals surface area contributed by atoms with Gasteiger partial charge in [0.15, 0.2) is 11.5 Å². The lowest BCUT2D eigenvalue weighted by molar-refractivity contribution is -0.384. The second kappa shape index (κ2) is 6.92. The molecule has 3 aromatic rings. The largest absolute Gasteiger partial charge is 0.299 e. The van der Waals surface area contributed by atoms with Gasteiger partial charge in [0.05, 0.1) is 27.4 Å². The van der Waals surface area contributed by atoms with Crippen LogP contribution in [0, 0.1) is 34.5 Å². The highest BCUT2D eigenvalue weighted by Crippen LogP contribution is 2.44. The van der Waals surface area contributed by atoms with Crippen LogP contribution < -0.4 is 4.90 Å². The molecular weight excluding hydrogens is 385 g/mol. The van der Waals surface area contributed by atoms with Crippen LogP contribution in [-0.2, 0) is 7.05 Å². The molecule has 0 fully saturated rings. The Morgan fingerprint density at radius 1 is 1.15 bits per heavy atom. The third-order valence-corrected chi connectivity index (χ3v) is 4.09. The van der Waals surface area contributed by atoms with Crippen LogP contribution in [0.1, 0.15) is 5.69 Å². The van der Waals surface area contributed by atoms with Crippen LogP contribution in [0.5, 0.6) is 0 Å². The SMILES string of the molecule is Cc1cc(N(c2ccc(F)cc2Cl)c2c(F)cc(F)cc2[N+](=O)[O-])n(C)n1. The number of aryl methyl sites for hydroxylation is 2. The molecule has 0 amide bonds. The van der Waals surface area contributed by atoms with Gasteiger partial charge in [-0.3, -0.25) is 19.7 Å². The molecule has 0 radical (unpaired) electrons. The average molecular weight is 397 g/mol. The summed E-state index contributed by atoms with van der Waals surface area (Å²) in [6.45, 7) is 1.67. The number of rotatable bonds is 4. The maximum absolute atomic E-state index is 14.7. The van der Waals surface area contributed by atoms with Crippen LogP contribution in [0.3, 0.4) is 0 Å². The van der Waals surface area contributed by atoms with Crippen LogP contribution >= 0.6 is 11.6 Å². The summed E-state index contributed by atoms with van der Waals surface area (Å²) in [5.41, 5.74) is -0.750. The molecule has 6 nitrogen and oxygen atoms in total. The second-order valence-corrected chi connectivity index (χ2v) is 6.12. The lowest BCUT2D eigenvalue weighted by Crippen LogP contribution is -2.17. The summed E-state index contributed by atoms with van der Waals surface area (Å²) < 4.78 is 43.1. The summed E-state index contributed by atoms with van der Waals surface area (Å²) in [4.78, 5) is 11.7. The molecule has 0 atom stereocenters. The van der Waals surface area contributed by atoms with Crippen molar-refractivity contribution in [2.75, 3.05) is 4.90 Å². The van der Waals surface area contributed by atoms with E-state index in [1.807, 2.05) is 0 Å². The van der Waals surface area contributed by atoms with Crippen LogP contribution in [0.25, 0.3) is 0 Å². The Labute approximate surface area is 156 Å². The van der Waals surface area contributed by atoms with Crippen molar-refractivity contribution in [3.63, 3.8) is 0 Å². The molecule has 0 N–H and O–H groups in total. The van der Waals surface area contributed by atoms with E-state index in [0.29, 0.717) is 17.8 Å². The van der Waals surface area contributed by atoms with E-state index in [0.717, 1.165) is 17.0 Å². The van der Waals surface area contributed by atoms with Gasteiger partial charge in [-0.15, -0.1) is 0 Å². The van der Waals surface area contributed by atoms with Gasteiger partial charge in [-0.1, -0.05) is 11.6 Å². The number of hydrogen-bond donors (Lipinski definition) is 0. The van der Waals surface area contributed by atoms with E-state index >= 15 is 0 Å². The van der Waals surface area contributed by atoms with Crippen molar-refractivity contribution in [2.24, 2.45) is 7.05 Å². The van der Waals surface area contributed by atoms with Crippen LogP contribution in [0.4, 0.5) is 36.1 Å². The standard InChI is InChI=1S/C17H12ClF3N4O2/c1-9-5-16(23(2)22-9)24(14-4-3-10(19)6-12(14)18)17-13(21)7-11(20)8-15(17)25(26)27/h3-8H,1-2H3. The zero-order valence-electron chi connectivity index (χ0n) is 14.1. The highest BCUT2D eigenvalue weighted by molar-refractivity contribution is 6.33. The molecule has 0 saturated carbocycles. The van der Waals surface area contributed by atoms with Crippen molar-refractivity contribution in [2.45, 2.75) is 6.92 Å². The predicted molar refractivity (Wildman–Crippen MR) is 94.2 cm³/mol. The zero-order chi connectivity index (χ0) is 19.9. The molecule has 1 heterocycles. The van der Waals surface area contributed by atoms with Crippen molar-refractivity contribution in [3.8, 4) is 0 Å². The summed E-state index contributed by atoms with van der Waals surface area (Å²) in [7, 11) is 1.54. The Morgan fingerprint density at radius 2 is 1.85 bits per heavy atom. The third kappa shape index (κ3) is 3.45. The van der Waals surface area contributed by atoms with Crippen molar-refractivity contribution in [1.82, 2.24) is 9.78 Å². The van der Waals surface area contributed by atoms with Crippen molar-refractivity contribution in [1.29, 1.82) is 0 Å². The lowest BCUT2D eigenvalue weighted by Gasteiger charge is -2.25. The molecule has 0 bridgehead atoms. The van der Waals surface area contributed by atoms with Crippen molar-refractivity contribution < 1.29 is 18.1 Å². The monoisotopic (exact) mass is 396 g/mol. The maximum Gasteiger partial charge on any atom is 0.299 e. The number of aromatic nitrogens is 2. The smallest absolute Gasteiger partial charge is 0.285 e. The number of anilines is 3. The lowest BCUT2D eigenvalue weighted by atomic mass is 10.2. The zero-order valence-corrected chi connectivity index (χ0v) is 14.8. The Bertz CT molecular complexity index is 1050. The fourth-order valence-corrected chi connectivity index (χ4v) is 2.99. The molecule has 10 heteroatoms. The molecule has 0 aliphatic carbocycles. The number of nitro benzene ring substituents is 1. The Hall–Kier alpha value is -3.07. The van der Waals surface area contributed by atoms with Crippen LogP contribution in [0.2, 0.25) is 5.02 Å². The van der Waals surface area contributed by atoms with Gasteiger partial charge in [-0.05, 0) is 25.1 Å². The molecule has 0 aliphatic heterocycles. The van der Waals surface area contributed by atoms with E-state index in [-0.39, 0.29) is 16.5 Å². The normalized spacial score (nSPS) is 10.9. The molecule has 0 saturated heterocycles. The first-order valence-corrected chi connectivity index (χ1v) is 7.96. The van der Waals surface area contributed by atoms with E-state index in [1.54, 1.807) is 14.0 Å². The van der Waals surface area contributed by atoms with Crippen LogP contribution in [-0.4, -0.2) is 14.7 Å². The third-order valence-electron chi connectivity index (χ3n) is 3.79. The maximum atomic E-state index is 14.7. The fourth-order valence-electron chi connectivity index (χ4n) is 2.74. The summed E-state index contributed by atoms with van der Waals surface area (Å²) in [6.07, 6.45) is 0. The molecule has 27 heavy (non-hydrogen) atoms. The Kier molecular flexibility index (Phi) is 4.79.